The summed E-state index contributed by atoms with van der Waals surface area (Å²) in [7, 11) is 0. The smallest absolute Gasteiger partial charge is 0.407 e. The minimum absolute atomic E-state index is 0.0130. The van der Waals surface area contributed by atoms with Crippen molar-refractivity contribution in [2.24, 2.45) is 0 Å². The zero-order valence-electron chi connectivity index (χ0n) is 10.9. The Hall–Kier alpha value is -2.16. The molecule has 8 nitrogen and oxygen atoms in total. The summed E-state index contributed by atoms with van der Waals surface area (Å²) in [5, 5.41) is 9.05. The fourth-order valence-electron chi connectivity index (χ4n) is 2.41. The minimum atomic E-state index is -0.891. The van der Waals surface area contributed by atoms with Crippen LogP contribution in [0.4, 0.5) is 16.6 Å². The van der Waals surface area contributed by atoms with Crippen LogP contribution in [-0.4, -0.2) is 56.7 Å². The second-order valence-electron chi connectivity index (χ2n) is 4.68. The first kappa shape index (κ1) is 12.9. The second kappa shape index (κ2) is 4.75. The molecule has 3 N–H and O–H groups in total. The van der Waals surface area contributed by atoms with E-state index in [1.807, 2.05) is 11.8 Å². The van der Waals surface area contributed by atoms with Gasteiger partial charge in [-0.1, -0.05) is 0 Å². The molecule has 2 aromatic rings. The molecular formula is C11H14N6O2S. The molecule has 1 amide bonds. The lowest BCUT2D eigenvalue weighted by molar-refractivity contribution is 0.136. The number of nitrogen functional groups attached to an aromatic ring is 1. The van der Waals surface area contributed by atoms with E-state index in [4.69, 9.17) is 10.8 Å². The molecule has 1 fully saturated rings. The van der Waals surface area contributed by atoms with Crippen LogP contribution in [0.2, 0.25) is 0 Å². The number of piperazine rings is 1. The molecule has 0 spiro atoms. The zero-order valence-corrected chi connectivity index (χ0v) is 11.7. The van der Waals surface area contributed by atoms with Crippen molar-refractivity contribution >= 4 is 39.5 Å². The van der Waals surface area contributed by atoms with Gasteiger partial charge in [-0.05, 0) is 6.92 Å². The molecular weight excluding hydrogens is 280 g/mol. The van der Waals surface area contributed by atoms with Crippen LogP contribution in [0.5, 0.6) is 0 Å². The molecule has 2 aromatic heterocycles. The van der Waals surface area contributed by atoms with Crippen molar-refractivity contribution in [1.82, 2.24) is 19.9 Å². The third kappa shape index (κ3) is 2.09. The fraction of sp³-hybridized carbons (Fsp3) is 0.455. The van der Waals surface area contributed by atoms with E-state index in [-0.39, 0.29) is 12.0 Å². The Morgan fingerprint density at radius 2 is 2.30 bits per heavy atom. The molecule has 9 heteroatoms. The standard InChI is InChI=1S/C11H14N6O2S/c1-6-4-16(11(18)19)2-3-17(6)8-7-9(20-5-13-7)15-10(12)14-8/h5-6H,2-4H2,1H3,(H,18,19)(H2,12,14,15)/t6-/m0/s1. The molecule has 20 heavy (non-hydrogen) atoms. The number of carboxylic acid groups (broad SMARTS) is 1. The van der Waals surface area contributed by atoms with Gasteiger partial charge in [0, 0.05) is 25.7 Å². The summed E-state index contributed by atoms with van der Waals surface area (Å²) in [5.41, 5.74) is 8.17. The first-order valence-electron chi connectivity index (χ1n) is 6.17. The fourth-order valence-corrected chi connectivity index (χ4v) is 3.07. The van der Waals surface area contributed by atoms with Crippen LogP contribution in [-0.2, 0) is 0 Å². The molecule has 106 valence electrons. The van der Waals surface area contributed by atoms with Gasteiger partial charge in [0.05, 0.1) is 5.51 Å². The highest BCUT2D eigenvalue weighted by Gasteiger charge is 2.29. The van der Waals surface area contributed by atoms with Gasteiger partial charge in [0.2, 0.25) is 5.95 Å². The number of aromatic nitrogens is 3. The average Bonchev–Trinajstić information content (AvgIpc) is 2.85. The van der Waals surface area contributed by atoms with E-state index in [2.05, 4.69) is 15.0 Å². The van der Waals surface area contributed by atoms with Crippen molar-refractivity contribution in [1.29, 1.82) is 0 Å². The van der Waals surface area contributed by atoms with Crippen LogP contribution in [0.1, 0.15) is 6.92 Å². The van der Waals surface area contributed by atoms with Crippen LogP contribution in [0, 0.1) is 0 Å². The van der Waals surface area contributed by atoms with Gasteiger partial charge in [-0.3, -0.25) is 0 Å². The monoisotopic (exact) mass is 294 g/mol. The Labute approximate surface area is 118 Å². The lowest BCUT2D eigenvalue weighted by Gasteiger charge is -2.39. The maximum Gasteiger partial charge on any atom is 0.407 e. The van der Waals surface area contributed by atoms with Gasteiger partial charge in [-0.25, -0.2) is 14.8 Å². The number of anilines is 2. The van der Waals surface area contributed by atoms with Crippen LogP contribution >= 0.6 is 11.3 Å². The predicted molar refractivity (Wildman–Crippen MR) is 76.0 cm³/mol. The lowest BCUT2D eigenvalue weighted by atomic mass is 10.2. The molecule has 0 radical (unpaired) electrons. The van der Waals surface area contributed by atoms with Gasteiger partial charge in [0.1, 0.15) is 5.52 Å². The highest BCUT2D eigenvalue weighted by atomic mass is 32.1. The van der Waals surface area contributed by atoms with Gasteiger partial charge in [0.15, 0.2) is 10.6 Å². The summed E-state index contributed by atoms with van der Waals surface area (Å²) in [4.78, 5) is 27.9. The zero-order chi connectivity index (χ0) is 14.3. The van der Waals surface area contributed by atoms with Crippen molar-refractivity contribution in [2.45, 2.75) is 13.0 Å². The molecule has 1 aliphatic heterocycles. The van der Waals surface area contributed by atoms with Gasteiger partial charge in [0.25, 0.3) is 0 Å². The number of hydrogen-bond donors (Lipinski definition) is 2. The van der Waals surface area contributed by atoms with E-state index in [1.165, 1.54) is 16.2 Å². The van der Waals surface area contributed by atoms with Crippen LogP contribution in [0.3, 0.4) is 0 Å². The third-order valence-corrected chi connectivity index (χ3v) is 4.09. The normalized spacial score (nSPS) is 19.6. The summed E-state index contributed by atoms with van der Waals surface area (Å²) in [5.74, 6) is 0.899. The van der Waals surface area contributed by atoms with Crippen molar-refractivity contribution < 1.29 is 9.90 Å². The highest BCUT2D eigenvalue weighted by molar-refractivity contribution is 7.16. The van der Waals surface area contributed by atoms with Crippen molar-refractivity contribution in [3.05, 3.63) is 5.51 Å². The minimum Gasteiger partial charge on any atom is -0.465 e. The van der Waals surface area contributed by atoms with Gasteiger partial charge in [-0.2, -0.15) is 4.98 Å². The number of carbonyl (C=O) groups is 1. The summed E-state index contributed by atoms with van der Waals surface area (Å²) >= 11 is 1.41. The first-order valence-corrected chi connectivity index (χ1v) is 7.05. The molecule has 0 aromatic carbocycles. The van der Waals surface area contributed by atoms with Gasteiger partial charge >= 0.3 is 6.09 Å². The second-order valence-corrected chi connectivity index (χ2v) is 5.52. The maximum atomic E-state index is 11.0. The molecule has 0 aliphatic carbocycles. The van der Waals surface area contributed by atoms with Crippen LogP contribution < -0.4 is 10.6 Å². The molecule has 1 aliphatic rings. The lowest BCUT2D eigenvalue weighted by Crippen LogP contribution is -2.53. The van der Waals surface area contributed by atoms with E-state index in [0.717, 1.165) is 10.3 Å². The Bertz CT molecular complexity index is 659. The summed E-state index contributed by atoms with van der Waals surface area (Å²) in [6.45, 7) is 3.40. The Balaban J connectivity index is 1.95. The Morgan fingerprint density at radius 3 is 3.00 bits per heavy atom. The summed E-state index contributed by atoms with van der Waals surface area (Å²) in [6, 6.07) is 0.0130. The predicted octanol–water partition coefficient (Wildman–Crippen LogP) is 0.857. The molecule has 3 heterocycles. The maximum absolute atomic E-state index is 11.0. The Morgan fingerprint density at radius 1 is 1.50 bits per heavy atom. The number of rotatable bonds is 1. The van der Waals surface area contributed by atoms with E-state index >= 15 is 0 Å². The van der Waals surface area contributed by atoms with Crippen molar-refractivity contribution in [2.75, 3.05) is 30.3 Å². The highest BCUT2D eigenvalue weighted by Crippen LogP contribution is 2.28. The SMILES string of the molecule is C[C@H]1CN(C(=O)O)CCN1c1nc(N)nc2scnc12. The van der Waals surface area contributed by atoms with E-state index in [9.17, 15) is 4.79 Å². The number of amides is 1. The first-order chi connectivity index (χ1) is 9.56. The van der Waals surface area contributed by atoms with Crippen LogP contribution in [0.25, 0.3) is 10.3 Å². The molecule has 0 bridgehead atoms. The quantitative estimate of drug-likeness (QED) is 0.802. The van der Waals surface area contributed by atoms with E-state index in [0.29, 0.717) is 25.5 Å². The van der Waals surface area contributed by atoms with Gasteiger partial charge < -0.3 is 20.6 Å². The number of fused-ring (bicyclic) bond motifs is 1. The topological polar surface area (TPSA) is 108 Å². The third-order valence-electron chi connectivity index (χ3n) is 3.37. The number of thiazole rings is 1. The van der Waals surface area contributed by atoms with Crippen molar-refractivity contribution in [3.63, 3.8) is 0 Å². The summed E-state index contributed by atoms with van der Waals surface area (Å²) in [6.07, 6.45) is -0.891. The molecule has 1 saturated heterocycles. The molecule has 0 saturated carbocycles. The Kier molecular flexibility index (Phi) is 3.05. The summed E-state index contributed by atoms with van der Waals surface area (Å²) < 4.78 is 0. The molecule has 0 unspecified atom stereocenters. The van der Waals surface area contributed by atoms with Crippen molar-refractivity contribution in [3.8, 4) is 0 Å². The molecule has 1 atom stereocenters. The number of nitrogens with two attached hydrogens (primary N) is 1. The molecule has 3 rings (SSSR count). The average molecular weight is 294 g/mol. The largest absolute Gasteiger partial charge is 0.465 e. The van der Waals surface area contributed by atoms with Gasteiger partial charge in [-0.15, -0.1) is 11.3 Å². The number of nitrogens with zero attached hydrogens (tertiary/aromatic N) is 5. The number of hydrogen-bond acceptors (Lipinski definition) is 7. The van der Waals surface area contributed by atoms with E-state index < -0.39 is 6.09 Å². The van der Waals surface area contributed by atoms with E-state index in [1.54, 1.807) is 5.51 Å². The van der Waals surface area contributed by atoms with Crippen LogP contribution in [0.15, 0.2) is 5.51 Å².